The van der Waals surface area contributed by atoms with Crippen molar-refractivity contribution in [1.82, 2.24) is 20.5 Å². The molecular formula is C34H43ClF3N5O4. The van der Waals surface area contributed by atoms with Gasteiger partial charge in [-0.05, 0) is 80.6 Å². The zero-order valence-electron chi connectivity index (χ0n) is 26.9. The first-order valence-corrected chi connectivity index (χ1v) is 16.3. The smallest absolute Gasteiger partial charge is 0.475 e. The number of H-pyrrole nitrogens is 1. The van der Waals surface area contributed by atoms with Crippen LogP contribution in [0, 0.1) is 11.8 Å². The van der Waals surface area contributed by atoms with Crippen molar-refractivity contribution in [2.75, 3.05) is 38.6 Å². The first-order chi connectivity index (χ1) is 22.2. The summed E-state index contributed by atoms with van der Waals surface area (Å²) in [6.45, 7) is 4.12. The third kappa shape index (κ3) is 9.63. The molecule has 1 fully saturated rings. The SMILES string of the molecule is CC(c1c[nH]c2ccccc12)C(NC(=O)NCC1CCCCC1)C(=O)N1C[C@@H](CN(C)C)Cc2cc(Cl)ccc21.O=C(O)C(F)(F)F. The van der Waals surface area contributed by atoms with Gasteiger partial charge in [0, 0.05) is 53.4 Å². The molecule has 2 heterocycles. The molecule has 1 aliphatic heterocycles. The highest BCUT2D eigenvalue weighted by molar-refractivity contribution is 6.30. The molecule has 4 N–H and O–H groups in total. The van der Waals surface area contributed by atoms with Crippen molar-refractivity contribution in [1.29, 1.82) is 0 Å². The van der Waals surface area contributed by atoms with Gasteiger partial charge in [0.05, 0.1) is 0 Å². The molecule has 1 saturated carbocycles. The van der Waals surface area contributed by atoms with Crippen molar-refractivity contribution in [3.63, 3.8) is 0 Å². The van der Waals surface area contributed by atoms with Gasteiger partial charge in [-0.2, -0.15) is 13.2 Å². The van der Waals surface area contributed by atoms with E-state index in [2.05, 4.69) is 40.7 Å². The number of nitrogens with one attached hydrogen (secondary N) is 3. The Balaban J connectivity index is 0.000000644. The highest BCUT2D eigenvalue weighted by atomic mass is 35.5. The summed E-state index contributed by atoms with van der Waals surface area (Å²) in [6, 6.07) is 12.8. The average Bonchev–Trinajstić information content (AvgIpc) is 3.46. The molecule has 2 aliphatic rings. The summed E-state index contributed by atoms with van der Waals surface area (Å²) < 4.78 is 31.7. The maximum absolute atomic E-state index is 14.5. The first kappa shape index (κ1) is 36.1. The minimum absolute atomic E-state index is 0.0994. The van der Waals surface area contributed by atoms with E-state index in [4.69, 9.17) is 21.5 Å². The number of alkyl halides is 3. The lowest BCUT2D eigenvalue weighted by atomic mass is 9.88. The Morgan fingerprint density at radius 2 is 1.77 bits per heavy atom. The van der Waals surface area contributed by atoms with Crippen molar-refractivity contribution in [3.05, 3.63) is 64.8 Å². The fourth-order valence-corrected chi connectivity index (χ4v) is 6.79. The number of anilines is 1. The Kier molecular flexibility index (Phi) is 12.2. The number of para-hydroxylation sites is 1. The maximum Gasteiger partial charge on any atom is 0.490 e. The van der Waals surface area contributed by atoms with Gasteiger partial charge in [0.15, 0.2) is 0 Å². The van der Waals surface area contributed by atoms with Crippen molar-refractivity contribution < 1.29 is 32.7 Å². The van der Waals surface area contributed by atoms with Crippen molar-refractivity contribution in [2.45, 2.75) is 63.6 Å². The van der Waals surface area contributed by atoms with Crippen molar-refractivity contribution >= 4 is 46.1 Å². The van der Waals surface area contributed by atoms with Gasteiger partial charge in [-0.3, -0.25) is 4.79 Å². The van der Waals surface area contributed by atoms with Crippen LogP contribution >= 0.6 is 11.6 Å². The van der Waals surface area contributed by atoms with Crippen LogP contribution in [0.1, 0.15) is 56.1 Å². The summed E-state index contributed by atoms with van der Waals surface area (Å²) in [7, 11) is 4.11. The van der Waals surface area contributed by atoms with Crippen LogP contribution in [0.4, 0.5) is 23.7 Å². The second kappa shape index (κ2) is 15.9. The molecule has 0 bridgehead atoms. The molecule has 5 rings (SSSR count). The number of urea groups is 1. The minimum Gasteiger partial charge on any atom is -0.475 e. The van der Waals surface area contributed by atoms with E-state index >= 15 is 0 Å². The van der Waals surface area contributed by atoms with Gasteiger partial charge >= 0.3 is 18.2 Å². The minimum atomic E-state index is -5.08. The van der Waals surface area contributed by atoms with Crippen molar-refractivity contribution in [3.8, 4) is 0 Å². The number of aromatic amines is 1. The van der Waals surface area contributed by atoms with Crippen LogP contribution in [0.3, 0.4) is 0 Å². The van der Waals surface area contributed by atoms with Crippen LogP contribution in [0.2, 0.25) is 5.02 Å². The molecule has 0 spiro atoms. The molecule has 0 radical (unpaired) electrons. The molecule has 9 nitrogen and oxygen atoms in total. The Bertz CT molecular complexity index is 1540. The lowest BCUT2D eigenvalue weighted by molar-refractivity contribution is -0.192. The van der Waals surface area contributed by atoms with E-state index in [9.17, 15) is 22.8 Å². The molecule has 256 valence electrons. The second-order valence-corrected chi connectivity index (χ2v) is 13.2. The number of hydrogen-bond acceptors (Lipinski definition) is 4. The number of halogens is 4. The van der Waals surface area contributed by atoms with Crippen LogP contribution < -0.4 is 15.5 Å². The molecule has 3 amide bonds. The molecule has 0 saturated heterocycles. The molecule has 13 heteroatoms. The quantitative estimate of drug-likeness (QED) is 0.215. The standard InChI is InChI=1S/C32H42ClN5O2.C2HF3O2/c1-21(27-18-34-28-12-8-7-11-26(27)28)30(36-32(40)35-17-22-9-5-4-6-10-22)31(39)38-20-23(19-37(2)3)15-24-16-25(33)13-14-29(24)38;3-2(4,5)1(6)7/h7-8,11-14,16,18,21-23,30,34H,4-6,9-10,15,17,19-20H2,1-3H3,(H2,35,36,40);(H,6,7)/t21?,23-,30?;/m1./s1. The number of carbonyl (C=O) groups is 3. The number of hydrogen-bond donors (Lipinski definition) is 4. The van der Waals surface area contributed by atoms with Crippen LogP contribution in [0.25, 0.3) is 10.9 Å². The predicted molar refractivity (Wildman–Crippen MR) is 177 cm³/mol. The third-order valence-corrected chi connectivity index (χ3v) is 9.09. The van der Waals surface area contributed by atoms with Gasteiger partial charge < -0.3 is 30.5 Å². The fourth-order valence-electron chi connectivity index (χ4n) is 6.60. The van der Waals surface area contributed by atoms with Gasteiger partial charge in [-0.25, -0.2) is 9.59 Å². The highest BCUT2D eigenvalue weighted by Crippen LogP contribution is 2.35. The van der Waals surface area contributed by atoms with Gasteiger partial charge in [0.1, 0.15) is 6.04 Å². The van der Waals surface area contributed by atoms with Crippen molar-refractivity contribution in [2.24, 2.45) is 11.8 Å². The number of aliphatic carboxylic acids is 1. The predicted octanol–water partition coefficient (Wildman–Crippen LogP) is 6.57. The fraction of sp³-hybridized carbons (Fsp3) is 0.500. The van der Waals surface area contributed by atoms with Crippen LogP contribution in [0.15, 0.2) is 48.7 Å². The van der Waals surface area contributed by atoms with E-state index in [1.54, 1.807) is 0 Å². The monoisotopic (exact) mass is 677 g/mol. The molecule has 2 unspecified atom stereocenters. The lowest BCUT2D eigenvalue weighted by Crippen LogP contribution is -2.56. The number of carboxylic acids is 1. The van der Waals surface area contributed by atoms with E-state index in [1.165, 1.54) is 19.3 Å². The number of amides is 3. The van der Waals surface area contributed by atoms with E-state index in [0.717, 1.165) is 53.5 Å². The summed E-state index contributed by atoms with van der Waals surface area (Å²) in [5.74, 6) is -2.35. The summed E-state index contributed by atoms with van der Waals surface area (Å²) in [5, 5.41) is 15.1. The zero-order valence-corrected chi connectivity index (χ0v) is 27.6. The van der Waals surface area contributed by atoms with Gasteiger partial charge in [-0.1, -0.05) is 56.0 Å². The lowest BCUT2D eigenvalue weighted by Gasteiger charge is -2.38. The number of benzene rings is 2. The first-order valence-electron chi connectivity index (χ1n) is 15.9. The molecule has 2 aromatic carbocycles. The summed E-state index contributed by atoms with van der Waals surface area (Å²) >= 11 is 6.38. The topological polar surface area (TPSA) is 118 Å². The number of nitrogens with zero attached hydrogens (tertiary/aromatic N) is 2. The zero-order chi connectivity index (χ0) is 34.3. The molecule has 3 atom stereocenters. The van der Waals surface area contributed by atoms with Gasteiger partial charge in [0.2, 0.25) is 5.91 Å². The summed E-state index contributed by atoms with van der Waals surface area (Å²) in [5.41, 5.74) is 3.98. The van der Waals surface area contributed by atoms with E-state index in [-0.39, 0.29) is 23.8 Å². The molecular weight excluding hydrogens is 635 g/mol. The number of rotatable bonds is 8. The van der Waals surface area contributed by atoms with E-state index in [0.29, 0.717) is 24.0 Å². The third-order valence-electron chi connectivity index (χ3n) is 8.85. The number of carboxylic acid groups (broad SMARTS) is 1. The second-order valence-electron chi connectivity index (χ2n) is 12.8. The Morgan fingerprint density at radius 3 is 2.43 bits per heavy atom. The molecule has 3 aromatic rings. The Labute approximate surface area is 277 Å². The van der Waals surface area contributed by atoms with Gasteiger partial charge in [-0.15, -0.1) is 0 Å². The number of carbonyl (C=O) groups excluding carboxylic acids is 2. The normalized spacial score (nSPS) is 18.1. The number of fused-ring (bicyclic) bond motifs is 2. The highest BCUT2D eigenvalue weighted by Gasteiger charge is 2.39. The van der Waals surface area contributed by atoms with Gasteiger partial charge in [0.25, 0.3) is 0 Å². The largest absolute Gasteiger partial charge is 0.490 e. The maximum atomic E-state index is 14.5. The van der Waals surface area contributed by atoms with Crippen LogP contribution in [-0.4, -0.2) is 78.8 Å². The molecule has 47 heavy (non-hydrogen) atoms. The summed E-state index contributed by atoms with van der Waals surface area (Å²) in [6.07, 6.45) is 3.76. The summed E-state index contributed by atoms with van der Waals surface area (Å²) in [4.78, 5) is 44.1. The van der Waals surface area contributed by atoms with E-state index in [1.807, 2.05) is 54.4 Å². The Hall–Kier alpha value is -3.77. The molecule has 1 aliphatic carbocycles. The number of aromatic nitrogens is 1. The average molecular weight is 678 g/mol. The van der Waals surface area contributed by atoms with Crippen LogP contribution in [0.5, 0.6) is 0 Å². The molecule has 1 aromatic heterocycles. The van der Waals surface area contributed by atoms with E-state index < -0.39 is 18.2 Å². The Morgan fingerprint density at radius 1 is 1.09 bits per heavy atom. The van der Waals surface area contributed by atoms with Crippen LogP contribution in [-0.2, 0) is 16.0 Å².